The molecule has 3 heterocycles. The fraction of sp³-hybridized carbons (Fsp3) is 0.0588. The van der Waals surface area contributed by atoms with Crippen LogP contribution in [0.3, 0.4) is 0 Å². The maximum Gasteiger partial charge on any atom is 0.250 e. The smallest absolute Gasteiger partial charge is 0.250 e. The molecule has 24 heavy (non-hydrogen) atoms. The van der Waals surface area contributed by atoms with Crippen molar-refractivity contribution in [2.75, 3.05) is 12.1 Å². The van der Waals surface area contributed by atoms with Crippen LogP contribution < -0.4 is 14.8 Å². The van der Waals surface area contributed by atoms with Crippen LogP contribution in [0.1, 0.15) is 5.76 Å². The predicted octanol–water partition coefficient (Wildman–Crippen LogP) is 3.78. The van der Waals surface area contributed by atoms with Gasteiger partial charge in [0.25, 0.3) is 0 Å². The molecule has 0 fully saturated rings. The summed E-state index contributed by atoms with van der Waals surface area (Å²) >= 11 is 1.36. The molecule has 1 aromatic carbocycles. The van der Waals surface area contributed by atoms with Crippen molar-refractivity contribution in [3.05, 3.63) is 53.8 Å². The monoisotopic (exact) mass is 340 g/mol. The Morgan fingerprint density at radius 2 is 2.17 bits per heavy atom. The summed E-state index contributed by atoms with van der Waals surface area (Å²) in [6, 6.07) is 9.16. The van der Waals surface area contributed by atoms with Crippen LogP contribution in [0.4, 0.5) is 5.13 Å². The van der Waals surface area contributed by atoms with Crippen molar-refractivity contribution in [1.29, 1.82) is 0 Å². The number of hydrogen-bond acceptors (Lipinski definition) is 6. The van der Waals surface area contributed by atoms with Gasteiger partial charge in [0, 0.05) is 17.0 Å². The van der Waals surface area contributed by atoms with Crippen molar-refractivity contribution in [3.63, 3.8) is 0 Å². The van der Waals surface area contributed by atoms with E-state index in [2.05, 4.69) is 10.3 Å². The summed E-state index contributed by atoms with van der Waals surface area (Å²) in [4.78, 5) is 16.3. The quantitative estimate of drug-likeness (QED) is 0.732. The van der Waals surface area contributed by atoms with E-state index in [0.29, 0.717) is 16.6 Å². The van der Waals surface area contributed by atoms with Gasteiger partial charge < -0.3 is 13.9 Å². The van der Waals surface area contributed by atoms with Crippen LogP contribution in [-0.2, 0) is 4.79 Å². The summed E-state index contributed by atoms with van der Waals surface area (Å²) in [5.41, 5.74) is 1.67. The molecule has 1 amide bonds. The van der Waals surface area contributed by atoms with Crippen molar-refractivity contribution < 1.29 is 18.7 Å². The second-order valence-corrected chi connectivity index (χ2v) is 5.80. The summed E-state index contributed by atoms with van der Waals surface area (Å²) < 4.78 is 15.8. The van der Waals surface area contributed by atoms with Crippen molar-refractivity contribution in [1.82, 2.24) is 4.98 Å². The zero-order chi connectivity index (χ0) is 16.4. The highest BCUT2D eigenvalue weighted by Crippen LogP contribution is 2.36. The number of thiazole rings is 1. The number of rotatable bonds is 4. The van der Waals surface area contributed by atoms with E-state index in [1.165, 1.54) is 17.4 Å². The summed E-state index contributed by atoms with van der Waals surface area (Å²) in [5, 5.41) is 5.13. The van der Waals surface area contributed by atoms with E-state index in [9.17, 15) is 4.79 Å². The topological polar surface area (TPSA) is 73.6 Å². The van der Waals surface area contributed by atoms with E-state index < -0.39 is 0 Å². The Balaban J connectivity index is 1.46. The molecule has 120 valence electrons. The molecule has 0 radical (unpaired) electrons. The molecule has 1 aliphatic rings. The minimum Gasteiger partial charge on any atom is -0.465 e. The molecule has 0 saturated carbocycles. The number of nitrogens with zero attached hydrogens (tertiary/aromatic N) is 1. The molecule has 0 spiro atoms. The van der Waals surface area contributed by atoms with Gasteiger partial charge in [-0.05, 0) is 36.4 Å². The van der Waals surface area contributed by atoms with Crippen LogP contribution in [0.5, 0.6) is 11.5 Å². The van der Waals surface area contributed by atoms with E-state index >= 15 is 0 Å². The molecule has 0 bridgehead atoms. The van der Waals surface area contributed by atoms with Gasteiger partial charge >= 0.3 is 0 Å². The molecule has 0 atom stereocenters. The van der Waals surface area contributed by atoms with Crippen molar-refractivity contribution in [3.8, 4) is 22.8 Å². The van der Waals surface area contributed by atoms with Crippen LogP contribution >= 0.6 is 11.3 Å². The minimum absolute atomic E-state index is 0.235. The van der Waals surface area contributed by atoms with Crippen LogP contribution in [0, 0.1) is 0 Å². The molecule has 4 rings (SSSR count). The first kappa shape index (κ1) is 14.5. The normalized spacial score (nSPS) is 12.7. The SMILES string of the molecule is O=C(/C=C/c1ccco1)Nc1nc(-c2ccc3c(c2)OCO3)cs1. The lowest BCUT2D eigenvalue weighted by Crippen LogP contribution is -2.07. The zero-order valence-electron chi connectivity index (χ0n) is 12.4. The molecule has 0 aliphatic carbocycles. The Bertz CT molecular complexity index is 899. The molecular formula is C17H12N2O4S. The Labute approximate surface area is 141 Å². The van der Waals surface area contributed by atoms with Gasteiger partial charge in [-0.15, -0.1) is 11.3 Å². The van der Waals surface area contributed by atoms with Gasteiger partial charge in [-0.1, -0.05) is 0 Å². The molecule has 1 aliphatic heterocycles. The number of amides is 1. The van der Waals surface area contributed by atoms with Gasteiger partial charge in [-0.25, -0.2) is 4.98 Å². The lowest BCUT2D eigenvalue weighted by molar-refractivity contribution is -0.111. The largest absolute Gasteiger partial charge is 0.465 e. The first-order valence-corrected chi connectivity index (χ1v) is 8.04. The highest BCUT2D eigenvalue weighted by molar-refractivity contribution is 7.14. The number of ether oxygens (including phenoxy) is 2. The van der Waals surface area contributed by atoms with Gasteiger partial charge in [-0.2, -0.15) is 0 Å². The van der Waals surface area contributed by atoms with Gasteiger partial charge in [-0.3, -0.25) is 10.1 Å². The van der Waals surface area contributed by atoms with Crippen molar-refractivity contribution in [2.45, 2.75) is 0 Å². The minimum atomic E-state index is -0.266. The number of nitrogens with one attached hydrogen (secondary N) is 1. The Morgan fingerprint density at radius 1 is 1.25 bits per heavy atom. The number of anilines is 1. The number of hydrogen-bond donors (Lipinski definition) is 1. The average molecular weight is 340 g/mol. The first-order valence-electron chi connectivity index (χ1n) is 7.16. The third kappa shape index (κ3) is 3.02. The summed E-state index contributed by atoms with van der Waals surface area (Å²) in [5.74, 6) is 1.78. The van der Waals surface area contributed by atoms with E-state index in [4.69, 9.17) is 13.9 Å². The second kappa shape index (κ2) is 6.21. The maximum atomic E-state index is 11.9. The molecule has 2 aromatic heterocycles. The van der Waals surface area contributed by atoms with Crippen LogP contribution in [-0.4, -0.2) is 17.7 Å². The Hall–Kier alpha value is -3.06. The second-order valence-electron chi connectivity index (χ2n) is 4.94. The van der Waals surface area contributed by atoms with Crippen LogP contribution in [0.25, 0.3) is 17.3 Å². The van der Waals surface area contributed by atoms with Crippen molar-refractivity contribution in [2.24, 2.45) is 0 Å². The highest BCUT2D eigenvalue weighted by Gasteiger charge is 2.15. The predicted molar refractivity (Wildman–Crippen MR) is 90.0 cm³/mol. The molecule has 7 heteroatoms. The summed E-state index contributed by atoms with van der Waals surface area (Å²) in [6.45, 7) is 0.235. The fourth-order valence-electron chi connectivity index (χ4n) is 2.21. The summed E-state index contributed by atoms with van der Waals surface area (Å²) in [6.07, 6.45) is 4.55. The highest BCUT2D eigenvalue weighted by atomic mass is 32.1. The number of carbonyl (C=O) groups is 1. The zero-order valence-corrected chi connectivity index (χ0v) is 13.2. The lowest BCUT2D eigenvalue weighted by atomic mass is 10.1. The summed E-state index contributed by atoms with van der Waals surface area (Å²) in [7, 11) is 0. The molecule has 3 aromatic rings. The number of furan rings is 1. The van der Waals surface area contributed by atoms with E-state index in [0.717, 1.165) is 17.0 Å². The third-order valence-corrected chi connectivity index (χ3v) is 4.10. The number of benzene rings is 1. The van der Waals surface area contributed by atoms with Crippen molar-refractivity contribution >= 4 is 28.5 Å². The number of aromatic nitrogens is 1. The number of carbonyl (C=O) groups excluding carboxylic acids is 1. The van der Waals surface area contributed by atoms with Crippen LogP contribution in [0.15, 0.2) is 52.5 Å². The Morgan fingerprint density at radius 3 is 3.04 bits per heavy atom. The van der Waals surface area contributed by atoms with Crippen LogP contribution in [0.2, 0.25) is 0 Å². The van der Waals surface area contributed by atoms with Gasteiger partial charge in [0.2, 0.25) is 12.7 Å². The number of fused-ring (bicyclic) bond motifs is 1. The van der Waals surface area contributed by atoms with Gasteiger partial charge in [0.05, 0.1) is 12.0 Å². The lowest BCUT2D eigenvalue weighted by Gasteiger charge is -1.99. The van der Waals surface area contributed by atoms with E-state index in [-0.39, 0.29) is 12.7 Å². The first-order chi connectivity index (χ1) is 11.8. The molecule has 0 unspecified atom stereocenters. The van der Waals surface area contributed by atoms with Gasteiger partial charge in [0.1, 0.15) is 5.76 Å². The standard InChI is InChI=1S/C17H12N2O4S/c20-16(6-4-12-2-1-7-21-12)19-17-18-13(9-24-17)11-3-5-14-15(8-11)23-10-22-14/h1-9H,10H2,(H,18,19,20)/b6-4+. The van der Waals surface area contributed by atoms with E-state index in [1.54, 1.807) is 24.5 Å². The molecule has 6 nitrogen and oxygen atoms in total. The van der Waals surface area contributed by atoms with Gasteiger partial charge in [0.15, 0.2) is 16.6 Å². The molecular weight excluding hydrogens is 328 g/mol. The fourth-order valence-corrected chi connectivity index (χ4v) is 2.93. The third-order valence-electron chi connectivity index (χ3n) is 3.34. The maximum absolute atomic E-state index is 11.9. The molecule has 0 saturated heterocycles. The Kier molecular flexibility index (Phi) is 3.76. The average Bonchev–Trinajstić information content (AvgIpc) is 3.33. The molecule has 1 N–H and O–H groups in total. The van der Waals surface area contributed by atoms with E-state index in [1.807, 2.05) is 23.6 Å².